The van der Waals surface area contributed by atoms with Gasteiger partial charge in [0.25, 0.3) is 5.91 Å². The highest BCUT2D eigenvalue weighted by Crippen LogP contribution is 2.20. The Hall–Kier alpha value is -3.67. The highest BCUT2D eigenvalue weighted by molar-refractivity contribution is 5.96. The predicted octanol–water partition coefficient (Wildman–Crippen LogP) is 4.85. The quantitative estimate of drug-likeness (QED) is 0.132. The minimum atomic E-state index is -1.20. The van der Waals surface area contributed by atoms with Gasteiger partial charge in [0.05, 0.1) is 39.6 Å². The maximum absolute atomic E-state index is 13.5. The van der Waals surface area contributed by atoms with Gasteiger partial charge in [-0.15, -0.1) is 0 Å². The largest absolute Gasteiger partial charge is 0.378 e. The van der Waals surface area contributed by atoms with Crippen molar-refractivity contribution in [2.24, 2.45) is 11.8 Å². The monoisotopic (exact) mass is 639 g/mol. The Morgan fingerprint density at radius 2 is 1.28 bits per heavy atom. The summed E-state index contributed by atoms with van der Waals surface area (Å²) in [6.45, 7) is 11.0. The number of carbonyl (C=O) groups excluding carboxylic acids is 5. The lowest BCUT2D eigenvalue weighted by molar-refractivity contribution is -0.124. The lowest BCUT2D eigenvalue weighted by Crippen LogP contribution is -2.59. The number of amides is 1. The van der Waals surface area contributed by atoms with Crippen LogP contribution in [0.4, 0.5) is 0 Å². The van der Waals surface area contributed by atoms with Gasteiger partial charge in [-0.2, -0.15) is 0 Å². The average Bonchev–Trinajstić information content (AvgIpc) is 3.06. The van der Waals surface area contributed by atoms with Gasteiger partial charge in [-0.1, -0.05) is 46.8 Å². The normalized spacial score (nSPS) is 13.2. The van der Waals surface area contributed by atoms with E-state index in [2.05, 4.69) is 15.3 Å². The number of rotatable bonds is 23. The molecule has 0 aliphatic carbocycles. The van der Waals surface area contributed by atoms with Crippen LogP contribution in [0.1, 0.15) is 94.6 Å². The van der Waals surface area contributed by atoms with E-state index in [1.165, 1.54) is 6.92 Å². The van der Waals surface area contributed by atoms with Crippen molar-refractivity contribution in [3.63, 3.8) is 0 Å². The number of carbonyl (C=O) groups is 5. The zero-order chi connectivity index (χ0) is 34.1. The van der Waals surface area contributed by atoms with Gasteiger partial charge < -0.3 is 19.5 Å². The van der Waals surface area contributed by atoms with Gasteiger partial charge in [0.15, 0.2) is 5.78 Å². The van der Waals surface area contributed by atoms with E-state index in [1.54, 1.807) is 43.6 Å². The summed E-state index contributed by atoms with van der Waals surface area (Å²) in [5, 5.41) is 2.97. The summed E-state index contributed by atoms with van der Waals surface area (Å²) in [7, 11) is 0. The standard InChI is InChI=1S/C35H49N3O8/c1-7-25(5)32(41)15-18-46-23-35(21-44-16-13-26(6)39,22-45-17-14-29(40)8-2)38-34(43)31-12-10-28(20-37-31)27-9-11-30(36-19-27)33(42)24(3)4/h9-12,19-20,24-25H,7-8,13-18,21-23H2,1-6H3,(H,38,43). The van der Waals surface area contributed by atoms with Crippen LogP contribution in [-0.4, -0.2) is 84.2 Å². The Bertz CT molecular complexity index is 1290. The lowest BCUT2D eigenvalue weighted by atomic mass is 10.0. The number of Topliss-reactive ketones (excluding diaryl/α,β-unsaturated/α-hetero) is 4. The second-order valence-corrected chi connectivity index (χ2v) is 11.9. The summed E-state index contributed by atoms with van der Waals surface area (Å²) in [4.78, 5) is 70.1. The first kappa shape index (κ1) is 38.5. The van der Waals surface area contributed by atoms with Crippen LogP contribution in [0.5, 0.6) is 0 Å². The van der Waals surface area contributed by atoms with E-state index >= 15 is 0 Å². The molecule has 46 heavy (non-hydrogen) atoms. The Kier molecular flexibility index (Phi) is 16.5. The molecule has 0 aliphatic heterocycles. The van der Waals surface area contributed by atoms with Gasteiger partial charge in [0.1, 0.15) is 34.3 Å². The number of nitrogens with one attached hydrogen (secondary N) is 1. The molecule has 0 spiro atoms. The maximum Gasteiger partial charge on any atom is 0.270 e. The van der Waals surface area contributed by atoms with Crippen LogP contribution < -0.4 is 5.32 Å². The van der Waals surface area contributed by atoms with E-state index in [0.717, 1.165) is 12.0 Å². The Balaban J connectivity index is 2.25. The van der Waals surface area contributed by atoms with Crippen LogP contribution in [-0.2, 0) is 28.6 Å². The van der Waals surface area contributed by atoms with E-state index in [0.29, 0.717) is 17.7 Å². The number of hydrogen-bond acceptors (Lipinski definition) is 10. The Labute approximate surface area is 272 Å². The van der Waals surface area contributed by atoms with Crippen LogP contribution in [0.3, 0.4) is 0 Å². The zero-order valence-electron chi connectivity index (χ0n) is 28.1. The minimum Gasteiger partial charge on any atom is -0.378 e. The summed E-state index contributed by atoms with van der Waals surface area (Å²) in [6, 6.07) is 6.76. The topological polar surface area (TPSA) is 151 Å². The van der Waals surface area contributed by atoms with Gasteiger partial charge in [0, 0.05) is 61.0 Å². The molecule has 2 atom stereocenters. The molecule has 0 aliphatic rings. The molecular weight excluding hydrogens is 590 g/mol. The Morgan fingerprint density at radius 3 is 1.74 bits per heavy atom. The first-order valence-corrected chi connectivity index (χ1v) is 16.0. The van der Waals surface area contributed by atoms with Crippen molar-refractivity contribution in [1.82, 2.24) is 15.3 Å². The molecule has 0 saturated heterocycles. The fourth-order valence-electron chi connectivity index (χ4n) is 4.27. The highest BCUT2D eigenvalue weighted by Gasteiger charge is 2.35. The number of aromatic nitrogens is 2. The second kappa shape index (κ2) is 19.8. The molecule has 0 radical (unpaired) electrons. The molecule has 11 heteroatoms. The smallest absolute Gasteiger partial charge is 0.270 e. The summed E-state index contributed by atoms with van der Waals surface area (Å²) >= 11 is 0. The third-order valence-corrected chi connectivity index (χ3v) is 7.56. The lowest BCUT2D eigenvalue weighted by Gasteiger charge is -2.34. The number of nitrogens with zero attached hydrogens (tertiary/aromatic N) is 2. The average molecular weight is 640 g/mol. The fourth-order valence-corrected chi connectivity index (χ4v) is 4.27. The molecule has 0 saturated carbocycles. The van der Waals surface area contributed by atoms with Gasteiger partial charge in [0.2, 0.25) is 0 Å². The van der Waals surface area contributed by atoms with Gasteiger partial charge >= 0.3 is 0 Å². The summed E-state index contributed by atoms with van der Waals surface area (Å²) < 4.78 is 17.6. The summed E-state index contributed by atoms with van der Waals surface area (Å²) in [6.07, 6.45) is 4.92. The van der Waals surface area contributed by atoms with E-state index in [-0.39, 0.29) is 99.6 Å². The molecule has 2 aromatic heterocycles. The van der Waals surface area contributed by atoms with Gasteiger partial charge in [-0.05, 0) is 25.5 Å². The van der Waals surface area contributed by atoms with Crippen LogP contribution in [0.25, 0.3) is 11.1 Å². The van der Waals surface area contributed by atoms with Crippen molar-refractivity contribution in [2.45, 2.75) is 79.2 Å². The van der Waals surface area contributed by atoms with Gasteiger partial charge in [-0.3, -0.25) is 33.9 Å². The summed E-state index contributed by atoms with van der Waals surface area (Å²) in [5.41, 5.74) is 0.765. The predicted molar refractivity (Wildman–Crippen MR) is 174 cm³/mol. The molecule has 11 nitrogen and oxygen atoms in total. The molecule has 1 amide bonds. The van der Waals surface area contributed by atoms with Crippen LogP contribution >= 0.6 is 0 Å². The molecule has 2 rings (SSSR count). The van der Waals surface area contributed by atoms with Crippen molar-refractivity contribution in [1.29, 1.82) is 0 Å². The first-order valence-electron chi connectivity index (χ1n) is 16.0. The molecule has 0 fully saturated rings. The molecule has 0 bridgehead atoms. The molecular formula is C35H49N3O8. The molecule has 2 unspecified atom stereocenters. The number of pyridine rings is 2. The molecule has 2 heterocycles. The fraction of sp³-hybridized carbons (Fsp3) is 0.571. The van der Waals surface area contributed by atoms with Crippen molar-refractivity contribution in [3.8, 4) is 11.1 Å². The van der Waals surface area contributed by atoms with Crippen LogP contribution in [0, 0.1) is 11.8 Å². The third-order valence-electron chi connectivity index (χ3n) is 7.56. The second-order valence-electron chi connectivity index (χ2n) is 11.9. The van der Waals surface area contributed by atoms with E-state index in [4.69, 9.17) is 14.2 Å². The van der Waals surface area contributed by atoms with Crippen molar-refractivity contribution in [3.05, 3.63) is 48.0 Å². The molecule has 2 aromatic rings. The highest BCUT2D eigenvalue weighted by atomic mass is 16.5. The molecule has 252 valence electrons. The SMILES string of the molecule is CCC(=O)CCOCC(COCCC(C)=O)(COCCC(=O)C(C)CC)NC(=O)c1ccc(-c2ccc(C(=O)C(C)C)nc2)cn1. The first-order chi connectivity index (χ1) is 21.9. The van der Waals surface area contributed by atoms with Crippen LogP contribution in [0.15, 0.2) is 36.7 Å². The minimum absolute atomic E-state index is 0.0376. The van der Waals surface area contributed by atoms with Crippen LogP contribution in [0.2, 0.25) is 0 Å². The maximum atomic E-state index is 13.5. The number of hydrogen-bond donors (Lipinski definition) is 1. The zero-order valence-corrected chi connectivity index (χ0v) is 28.1. The number of ether oxygens (including phenoxy) is 3. The van der Waals surface area contributed by atoms with Crippen molar-refractivity contribution < 1.29 is 38.2 Å². The van der Waals surface area contributed by atoms with Gasteiger partial charge in [-0.25, -0.2) is 0 Å². The third kappa shape index (κ3) is 13.0. The Morgan fingerprint density at radius 1 is 0.761 bits per heavy atom. The van der Waals surface area contributed by atoms with E-state index in [1.807, 2.05) is 27.7 Å². The van der Waals surface area contributed by atoms with E-state index in [9.17, 15) is 24.0 Å². The van der Waals surface area contributed by atoms with Crippen molar-refractivity contribution >= 4 is 29.0 Å². The molecule has 0 aromatic carbocycles. The van der Waals surface area contributed by atoms with Crippen molar-refractivity contribution in [2.75, 3.05) is 39.6 Å². The molecule has 1 N–H and O–H groups in total. The number of ketones is 4. The van der Waals surface area contributed by atoms with E-state index < -0.39 is 11.4 Å². The summed E-state index contributed by atoms with van der Waals surface area (Å²) in [5.74, 6) is -0.691.